The van der Waals surface area contributed by atoms with Crippen LogP contribution in [0.4, 0.5) is 5.82 Å². The summed E-state index contributed by atoms with van der Waals surface area (Å²) in [6.07, 6.45) is 1.46. The van der Waals surface area contributed by atoms with Crippen LogP contribution < -0.4 is 16.4 Å². The Morgan fingerprint density at radius 2 is 1.77 bits per heavy atom. The Labute approximate surface area is 187 Å². The molecule has 0 saturated carbocycles. The lowest BCUT2D eigenvalue weighted by atomic mass is 10.1. The van der Waals surface area contributed by atoms with Crippen LogP contribution in [0.5, 0.6) is 0 Å². The van der Waals surface area contributed by atoms with Gasteiger partial charge in [0.1, 0.15) is 17.5 Å². The van der Waals surface area contributed by atoms with E-state index in [-0.39, 0.29) is 0 Å². The number of nitrogens with zero attached hydrogens (tertiary/aromatic N) is 4. The van der Waals surface area contributed by atoms with E-state index in [9.17, 15) is 5.26 Å². The molecule has 0 fully saturated rings. The predicted molar refractivity (Wildman–Crippen MR) is 128 cm³/mol. The third kappa shape index (κ3) is 6.27. The van der Waals surface area contributed by atoms with Gasteiger partial charge >= 0.3 is 0 Å². The van der Waals surface area contributed by atoms with E-state index in [1.807, 2.05) is 48.5 Å². The maximum absolute atomic E-state index is 9.52. The predicted octanol–water partition coefficient (Wildman–Crippen LogP) is 3.22. The number of aromatic nitrogens is 2. The van der Waals surface area contributed by atoms with Gasteiger partial charge < -0.3 is 16.4 Å². The van der Waals surface area contributed by atoms with Crippen molar-refractivity contribution >= 4 is 23.5 Å². The normalized spacial score (nSPS) is 11.2. The highest BCUT2D eigenvalue weighted by atomic mass is 32.2. The average molecular weight is 434 g/mol. The average Bonchev–Trinajstić information content (AvgIpc) is 3.14. The molecule has 0 saturated heterocycles. The number of aryl methyl sites for hydroxylation is 1. The lowest BCUT2D eigenvalue weighted by Gasteiger charge is -2.11. The highest BCUT2D eigenvalue weighted by molar-refractivity contribution is 7.99. The Hall–Kier alpha value is -3.44. The molecule has 0 aliphatic rings. The number of nitrogen functional groups attached to an aromatic ring is 1. The van der Waals surface area contributed by atoms with Gasteiger partial charge in [0.05, 0.1) is 11.4 Å². The molecule has 0 amide bonds. The molecule has 7 nitrogen and oxygen atoms in total. The smallest absolute Gasteiger partial charge is 0.191 e. The minimum Gasteiger partial charge on any atom is -0.382 e. The second-order valence-electron chi connectivity index (χ2n) is 6.76. The van der Waals surface area contributed by atoms with Crippen LogP contribution in [0.3, 0.4) is 0 Å². The molecular formula is C23H27N7S. The van der Waals surface area contributed by atoms with E-state index in [0.717, 1.165) is 30.4 Å². The number of nitriles is 1. The monoisotopic (exact) mass is 433 g/mol. The maximum Gasteiger partial charge on any atom is 0.191 e. The molecule has 3 aromatic rings. The van der Waals surface area contributed by atoms with Crippen molar-refractivity contribution in [3.63, 3.8) is 0 Å². The van der Waals surface area contributed by atoms with Crippen molar-refractivity contribution in [2.45, 2.75) is 17.7 Å². The van der Waals surface area contributed by atoms with Crippen molar-refractivity contribution in [2.24, 2.45) is 4.99 Å². The number of guanidine groups is 1. The second kappa shape index (κ2) is 11.7. The third-order valence-corrected chi connectivity index (χ3v) is 5.63. The molecule has 1 aromatic heterocycles. The molecule has 2 aromatic carbocycles. The van der Waals surface area contributed by atoms with Crippen LogP contribution in [0.15, 0.2) is 70.6 Å². The fourth-order valence-corrected chi connectivity index (χ4v) is 3.87. The summed E-state index contributed by atoms with van der Waals surface area (Å²) in [6.45, 7) is 1.53. The maximum atomic E-state index is 9.52. The summed E-state index contributed by atoms with van der Waals surface area (Å²) in [5, 5.41) is 20.7. The lowest BCUT2D eigenvalue weighted by molar-refractivity contribution is 0.726. The number of anilines is 1. The standard InChI is InChI=1S/C23H27N7S/c1-26-23(28-15-16-31-19-11-6-3-7-12-19)27-14-8-13-21-20(17-24)22(25)30(29-21)18-9-4-2-5-10-18/h2-7,9-12H,8,13-16,25H2,1H3,(H2,26,27,28). The summed E-state index contributed by atoms with van der Waals surface area (Å²) in [4.78, 5) is 5.52. The molecule has 0 unspecified atom stereocenters. The SMILES string of the molecule is CN=C(NCCCc1nn(-c2ccccc2)c(N)c1C#N)NCCSc1ccccc1. The van der Waals surface area contributed by atoms with Gasteiger partial charge in [-0.25, -0.2) is 4.68 Å². The minimum atomic E-state index is 0.380. The summed E-state index contributed by atoms with van der Waals surface area (Å²) < 4.78 is 1.63. The highest BCUT2D eigenvalue weighted by Crippen LogP contribution is 2.21. The van der Waals surface area contributed by atoms with Crippen LogP contribution in [0.1, 0.15) is 17.7 Å². The Morgan fingerprint density at radius 3 is 2.45 bits per heavy atom. The van der Waals surface area contributed by atoms with Crippen molar-refractivity contribution in [2.75, 3.05) is 31.6 Å². The number of benzene rings is 2. The fourth-order valence-electron chi connectivity index (χ4n) is 3.08. The molecule has 0 spiro atoms. The van der Waals surface area contributed by atoms with Gasteiger partial charge in [-0.15, -0.1) is 11.8 Å². The van der Waals surface area contributed by atoms with Gasteiger partial charge in [-0.05, 0) is 37.1 Å². The number of hydrogen-bond donors (Lipinski definition) is 3. The third-order valence-electron chi connectivity index (χ3n) is 4.62. The van der Waals surface area contributed by atoms with Gasteiger partial charge in [0.2, 0.25) is 0 Å². The number of nitrogens with two attached hydrogens (primary N) is 1. The molecule has 0 aliphatic carbocycles. The van der Waals surface area contributed by atoms with Gasteiger partial charge in [0.25, 0.3) is 0 Å². The van der Waals surface area contributed by atoms with E-state index in [1.54, 1.807) is 23.5 Å². The molecule has 1 heterocycles. The summed E-state index contributed by atoms with van der Waals surface area (Å²) in [5.41, 5.74) is 8.17. The van der Waals surface area contributed by atoms with Crippen LogP contribution in [-0.2, 0) is 6.42 Å². The first kappa shape index (κ1) is 22.2. The number of para-hydroxylation sites is 1. The number of rotatable bonds is 9. The van der Waals surface area contributed by atoms with Gasteiger partial charge in [-0.3, -0.25) is 4.99 Å². The van der Waals surface area contributed by atoms with Gasteiger partial charge in [-0.1, -0.05) is 36.4 Å². The van der Waals surface area contributed by atoms with E-state index < -0.39 is 0 Å². The fraction of sp³-hybridized carbons (Fsp3) is 0.261. The Balaban J connectivity index is 1.45. The summed E-state index contributed by atoms with van der Waals surface area (Å²) in [7, 11) is 1.76. The van der Waals surface area contributed by atoms with E-state index in [1.165, 1.54) is 4.90 Å². The van der Waals surface area contributed by atoms with Crippen molar-refractivity contribution in [3.8, 4) is 11.8 Å². The van der Waals surface area contributed by atoms with Crippen LogP contribution in [0.25, 0.3) is 5.69 Å². The summed E-state index contributed by atoms with van der Waals surface area (Å²) in [6, 6.07) is 22.1. The second-order valence-corrected chi connectivity index (χ2v) is 7.93. The van der Waals surface area contributed by atoms with E-state index >= 15 is 0 Å². The van der Waals surface area contributed by atoms with E-state index in [2.05, 4.69) is 38.9 Å². The first-order valence-electron chi connectivity index (χ1n) is 10.2. The number of nitrogens with one attached hydrogen (secondary N) is 2. The quantitative estimate of drug-likeness (QED) is 0.207. The molecule has 4 N–H and O–H groups in total. The molecule has 31 heavy (non-hydrogen) atoms. The number of hydrogen-bond acceptors (Lipinski definition) is 5. The zero-order chi connectivity index (χ0) is 21.9. The molecule has 0 radical (unpaired) electrons. The molecule has 8 heteroatoms. The molecular weight excluding hydrogens is 406 g/mol. The molecule has 0 aliphatic heterocycles. The highest BCUT2D eigenvalue weighted by Gasteiger charge is 2.16. The van der Waals surface area contributed by atoms with Crippen LogP contribution in [0, 0.1) is 11.3 Å². The van der Waals surface area contributed by atoms with Gasteiger partial charge in [0.15, 0.2) is 5.96 Å². The topological polar surface area (TPSA) is 104 Å². The van der Waals surface area contributed by atoms with Crippen molar-refractivity contribution < 1.29 is 0 Å². The zero-order valence-electron chi connectivity index (χ0n) is 17.6. The molecule has 0 atom stereocenters. The van der Waals surface area contributed by atoms with Crippen LogP contribution in [0.2, 0.25) is 0 Å². The first-order valence-corrected chi connectivity index (χ1v) is 11.2. The largest absolute Gasteiger partial charge is 0.382 e. The minimum absolute atomic E-state index is 0.380. The van der Waals surface area contributed by atoms with Crippen molar-refractivity contribution in [1.82, 2.24) is 20.4 Å². The zero-order valence-corrected chi connectivity index (χ0v) is 18.4. The molecule has 3 rings (SSSR count). The Bertz CT molecular complexity index is 1020. The van der Waals surface area contributed by atoms with Gasteiger partial charge in [-0.2, -0.15) is 10.4 Å². The van der Waals surface area contributed by atoms with Gasteiger partial charge in [0, 0.05) is 30.8 Å². The summed E-state index contributed by atoms with van der Waals surface area (Å²) in [5.74, 6) is 2.10. The lowest BCUT2D eigenvalue weighted by Crippen LogP contribution is -2.38. The van der Waals surface area contributed by atoms with Crippen LogP contribution >= 0.6 is 11.8 Å². The first-order chi connectivity index (χ1) is 15.2. The molecule has 160 valence electrons. The number of aliphatic imine (C=N–C) groups is 1. The van der Waals surface area contributed by atoms with E-state index in [4.69, 9.17) is 5.73 Å². The summed E-state index contributed by atoms with van der Waals surface area (Å²) >= 11 is 1.81. The number of thioether (sulfide) groups is 1. The van der Waals surface area contributed by atoms with E-state index in [0.29, 0.717) is 30.0 Å². The van der Waals surface area contributed by atoms with Crippen molar-refractivity contribution in [1.29, 1.82) is 5.26 Å². The Kier molecular flexibility index (Phi) is 8.38. The van der Waals surface area contributed by atoms with Crippen LogP contribution in [-0.4, -0.2) is 41.6 Å². The van der Waals surface area contributed by atoms with Crippen molar-refractivity contribution in [3.05, 3.63) is 71.9 Å². The molecule has 0 bridgehead atoms. The Morgan fingerprint density at radius 1 is 1.10 bits per heavy atom.